The Hall–Kier alpha value is -2.14. The van der Waals surface area contributed by atoms with Gasteiger partial charge in [-0.2, -0.15) is 0 Å². The normalized spacial score (nSPS) is 10.5. The lowest BCUT2D eigenvalue weighted by Gasteiger charge is -2.10. The largest absolute Gasteiger partial charge is 0.326 e. The van der Waals surface area contributed by atoms with Crippen molar-refractivity contribution < 1.29 is 9.59 Å². The first-order chi connectivity index (χ1) is 10.9. The van der Waals surface area contributed by atoms with Crippen molar-refractivity contribution in [3.8, 4) is 0 Å². The van der Waals surface area contributed by atoms with E-state index >= 15 is 0 Å². The summed E-state index contributed by atoms with van der Waals surface area (Å²) in [6.45, 7) is 5.60. The van der Waals surface area contributed by atoms with Crippen molar-refractivity contribution in [3.05, 3.63) is 58.1 Å². The molecule has 2 amide bonds. The van der Waals surface area contributed by atoms with Gasteiger partial charge in [0.05, 0.1) is 0 Å². The summed E-state index contributed by atoms with van der Waals surface area (Å²) in [6.07, 6.45) is 0. The van der Waals surface area contributed by atoms with E-state index < -0.39 is 0 Å². The van der Waals surface area contributed by atoms with Gasteiger partial charge in [0.2, 0.25) is 5.91 Å². The predicted octanol–water partition coefficient (Wildman–Crippen LogP) is 4.60. The van der Waals surface area contributed by atoms with Gasteiger partial charge < -0.3 is 10.6 Å². The quantitative estimate of drug-likeness (QED) is 0.820. The maximum atomic E-state index is 12.3. The third kappa shape index (κ3) is 4.66. The molecule has 2 rings (SSSR count). The summed E-state index contributed by atoms with van der Waals surface area (Å²) in [7, 11) is 0. The van der Waals surface area contributed by atoms with Gasteiger partial charge >= 0.3 is 0 Å². The van der Waals surface area contributed by atoms with Crippen LogP contribution < -0.4 is 10.6 Å². The zero-order chi connectivity index (χ0) is 17.0. The highest BCUT2D eigenvalue weighted by molar-refractivity contribution is 9.10. The number of halogens is 1. The smallest absolute Gasteiger partial charge is 0.255 e. The number of carbonyl (C=O) groups excluding carboxylic acids is 2. The van der Waals surface area contributed by atoms with E-state index in [1.165, 1.54) is 0 Å². The van der Waals surface area contributed by atoms with Crippen molar-refractivity contribution in [2.75, 3.05) is 10.6 Å². The average molecular weight is 375 g/mol. The van der Waals surface area contributed by atoms with E-state index in [1.54, 1.807) is 24.3 Å². The van der Waals surface area contributed by atoms with Crippen LogP contribution in [0, 0.1) is 12.8 Å². The number of hydrogen-bond donors (Lipinski definition) is 2. The third-order valence-electron chi connectivity index (χ3n) is 3.33. The van der Waals surface area contributed by atoms with Crippen LogP contribution in [0.2, 0.25) is 0 Å². The minimum Gasteiger partial charge on any atom is -0.326 e. The first-order valence-electron chi connectivity index (χ1n) is 7.35. The van der Waals surface area contributed by atoms with E-state index in [1.807, 2.05) is 39.0 Å². The number of nitrogens with one attached hydrogen (secondary N) is 2. The molecule has 0 unspecified atom stereocenters. The van der Waals surface area contributed by atoms with Crippen LogP contribution in [0.1, 0.15) is 29.8 Å². The fourth-order valence-corrected chi connectivity index (χ4v) is 2.20. The van der Waals surface area contributed by atoms with Gasteiger partial charge in [0.15, 0.2) is 0 Å². The van der Waals surface area contributed by atoms with Crippen LogP contribution in [0.5, 0.6) is 0 Å². The number of aryl methyl sites for hydroxylation is 1. The van der Waals surface area contributed by atoms with E-state index in [0.29, 0.717) is 11.3 Å². The molecule has 0 aliphatic heterocycles. The van der Waals surface area contributed by atoms with Crippen molar-refractivity contribution in [2.45, 2.75) is 20.8 Å². The topological polar surface area (TPSA) is 58.2 Å². The second-order valence-electron chi connectivity index (χ2n) is 5.64. The Labute approximate surface area is 144 Å². The predicted molar refractivity (Wildman–Crippen MR) is 96.7 cm³/mol. The first kappa shape index (κ1) is 17.2. The molecular weight excluding hydrogens is 356 g/mol. The lowest BCUT2D eigenvalue weighted by atomic mass is 10.1. The zero-order valence-electron chi connectivity index (χ0n) is 13.3. The molecule has 0 fully saturated rings. The molecule has 5 heteroatoms. The molecule has 0 saturated carbocycles. The van der Waals surface area contributed by atoms with E-state index in [4.69, 9.17) is 0 Å². The van der Waals surface area contributed by atoms with E-state index in [-0.39, 0.29) is 17.7 Å². The minimum absolute atomic E-state index is 0.0777. The second kappa shape index (κ2) is 7.42. The van der Waals surface area contributed by atoms with Crippen molar-refractivity contribution in [1.82, 2.24) is 0 Å². The summed E-state index contributed by atoms with van der Waals surface area (Å²) < 4.78 is 0.994. The van der Waals surface area contributed by atoms with Gasteiger partial charge in [0.1, 0.15) is 0 Å². The van der Waals surface area contributed by atoms with Crippen molar-refractivity contribution in [2.24, 2.45) is 5.92 Å². The molecule has 0 bridgehead atoms. The lowest BCUT2D eigenvalue weighted by molar-refractivity contribution is -0.118. The summed E-state index contributed by atoms with van der Waals surface area (Å²) in [4.78, 5) is 24.1. The number of anilines is 2. The number of amides is 2. The van der Waals surface area contributed by atoms with Gasteiger partial charge in [0.25, 0.3) is 5.91 Å². The molecule has 120 valence electrons. The Kier molecular flexibility index (Phi) is 5.55. The highest BCUT2D eigenvalue weighted by Crippen LogP contribution is 2.21. The van der Waals surface area contributed by atoms with Crippen LogP contribution in [0.4, 0.5) is 11.4 Å². The van der Waals surface area contributed by atoms with E-state index in [2.05, 4.69) is 26.6 Å². The third-order valence-corrected chi connectivity index (χ3v) is 4.22. The van der Waals surface area contributed by atoms with Crippen molar-refractivity contribution in [3.63, 3.8) is 0 Å². The van der Waals surface area contributed by atoms with Crippen molar-refractivity contribution >= 4 is 39.1 Å². The molecule has 0 radical (unpaired) electrons. The van der Waals surface area contributed by atoms with Crippen LogP contribution >= 0.6 is 15.9 Å². The highest BCUT2D eigenvalue weighted by Gasteiger charge is 2.10. The molecule has 0 aliphatic carbocycles. The van der Waals surface area contributed by atoms with Crippen LogP contribution in [-0.4, -0.2) is 11.8 Å². The second-order valence-corrected chi connectivity index (χ2v) is 6.50. The highest BCUT2D eigenvalue weighted by atomic mass is 79.9. The van der Waals surface area contributed by atoms with Crippen molar-refractivity contribution in [1.29, 1.82) is 0 Å². The van der Waals surface area contributed by atoms with Gasteiger partial charge in [-0.15, -0.1) is 0 Å². The molecule has 2 aromatic rings. The summed E-state index contributed by atoms with van der Waals surface area (Å²) in [5, 5.41) is 5.65. The maximum Gasteiger partial charge on any atom is 0.255 e. The molecule has 2 aromatic carbocycles. The van der Waals surface area contributed by atoms with Crippen LogP contribution in [0.15, 0.2) is 46.9 Å². The summed E-state index contributed by atoms with van der Waals surface area (Å²) >= 11 is 3.43. The Morgan fingerprint density at radius 2 is 1.70 bits per heavy atom. The fraction of sp³-hybridized carbons (Fsp3) is 0.222. The number of hydrogen-bond acceptors (Lipinski definition) is 2. The maximum absolute atomic E-state index is 12.3. The molecule has 23 heavy (non-hydrogen) atoms. The molecule has 0 atom stereocenters. The Morgan fingerprint density at radius 3 is 2.35 bits per heavy atom. The van der Waals surface area contributed by atoms with Gasteiger partial charge in [-0.3, -0.25) is 9.59 Å². The van der Waals surface area contributed by atoms with Crippen LogP contribution in [-0.2, 0) is 4.79 Å². The van der Waals surface area contributed by atoms with Gasteiger partial charge in [-0.25, -0.2) is 0 Å². The van der Waals surface area contributed by atoms with Gasteiger partial charge in [0, 0.05) is 27.3 Å². The van der Waals surface area contributed by atoms with Gasteiger partial charge in [-0.05, 0) is 48.9 Å². The Bertz CT molecular complexity index is 742. The molecule has 0 heterocycles. The Morgan fingerprint density at radius 1 is 1.00 bits per heavy atom. The first-order valence-corrected chi connectivity index (χ1v) is 8.14. The summed E-state index contributed by atoms with van der Waals surface area (Å²) in [5.74, 6) is -0.406. The molecular formula is C18H19BrN2O2. The summed E-state index contributed by atoms with van der Waals surface area (Å²) in [5.41, 5.74) is 2.88. The lowest BCUT2D eigenvalue weighted by Crippen LogP contribution is -2.18. The molecule has 2 N–H and O–H groups in total. The number of carbonyl (C=O) groups is 2. The van der Waals surface area contributed by atoms with E-state index in [9.17, 15) is 9.59 Å². The standard InChI is InChI=1S/C18H19BrN2O2/c1-11(2)17(22)20-14-6-4-5-13(10-14)18(23)21-15-7-8-16(19)12(3)9-15/h4-11H,1-3H3,(H,20,22)(H,21,23). The van der Waals surface area contributed by atoms with Gasteiger partial charge in [-0.1, -0.05) is 35.8 Å². The van der Waals surface area contributed by atoms with E-state index in [0.717, 1.165) is 15.7 Å². The Balaban J connectivity index is 2.13. The molecule has 4 nitrogen and oxygen atoms in total. The molecule has 0 saturated heterocycles. The molecule has 0 aliphatic rings. The molecule has 0 spiro atoms. The minimum atomic E-state index is -0.215. The number of benzene rings is 2. The van der Waals surface area contributed by atoms with Crippen LogP contribution in [0.3, 0.4) is 0 Å². The average Bonchev–Trinajstić information content (AvgIpc) is 2.51. The SMILES string of the molecule is Cc1cc(NC(=O)c2cccc(NC(=O)C(C)C)c2)ccc1Br. The zero-order valence-corrected chi connectivity index (χ0v) is 14.9. The number of rotatable bonds is 4. The monoisotopic (exact) mass is 374 g/mol. The molecule has 0 aromatic heterocycles. The summed E-state index contributed by atoms with van der Waals surface area (Å²) in [6, 6.07) is 12.5. The fourth-order valence-electron chi connectivity index (χ4n) is 1.95. The van der Waals surface area contributed by atoms with Crippen LogP contribution in [0.25, 0.3) is 0 Å².